The summed E-state index contributed by atoms with van der Waals surface area (Å²) in [6, 6.07) is 8.32. The molecular formula is C37H45F6N5O4. The predicted octanol–water partition coefficient (Wildman–Crippen LogP) is 6.91. The highest BCUT2D eigenvalue weighted by Gasteiger charge is 2.40. The van der Waals surface area contributed by atoms with Gasteiger partial charge in [0, 0.05) is 50.9 Å². The van der Waals surface area contributed by atoms with Crippen LogP contribution < -0.4 is 5.32 Å². The van der Waals surface area contributed by atoms with E-state index in [-0.39, 0.29) is 31.2 Å². The van der Waals surface area contributed by atoms with E-state index in [1.54, 1.807) is 4.90 Å². The summed E-state index contributed by atoms with van der Waals surface area (Å²) in [6.45, 7) is 3.56. The van der Waals surface area contributed by atoms with E-state index in [2.05, 4.69) is 17.3 Å². The molecule has 0 aromatic heterocycles. The quantitative estimate of drug-likeness (QED) is 0.326. The Hall–Kier alpha value is -4.01. The molecule has 1 N–H and O–H groups in total. The zero-order chi connectivity index (χ0) is 37.2. The van der Waals surface area contributed by atoms with E-state index in [0.717, 1.165) is 37.2 Å². The number of urea groups is 1. The van der Waals surface area contributed by atoms with Gasteiger partial charge in [-0.05, 0) is 112 Å². The lowest BCUT2D eigenvalue weighted by atomic mass is 9.79. The van der Waals surface area contributed by atoms with Crippen LogP contribution in [-0.2, 0) is 34.7 Å². The second-order valence-electron chi connectivity index (χ2n) is 14.5. The summed E-state index contributed by atoms with van der Waals surface area (Å²) in [5.41, 5.74) is -1.65. The number of halogens is 6. The first kappa shape index (κ1) is 37.7. The highest BCUT2D eigenvalue weighted by atomic mass is 19.4. The van der Waals surface area contributed by atoms with E-state index in [1.807, 2.05) is 24.3 Å². The average molecular weight is 738 g/mol. The Labute approximate surface area is 299 Å². The normalized spacial score (nSPS) is 21.0. The van der Waals surface area contributed by atoms with Gasteiger partial charge in [-0.15, -0.1) is 0 Å². The van der Waals surface area contributed by atoms with Gasteiger partial charge >= 0.3 is 24.5 Å². The maximum Gasteiger partial charge on any atom is 0.416 e. The van der Waals surface area contributed by atoms with Crippen molar-refractivity contribution in [1.29, 1.82) is 0 Å². The molecule has 6 rings (SSSR count). The van der Waals surface area contributed by atoms with E-state index < -0.39 is 53.6 Å². The van der Waals surface area contributed by atoms with Gasteiger partial charge in [-0.25, -0.2) is 9.59 Å². The van der Waals surface area contributed by atoms with E-state index >= 15 is 0 Å². The Balaban J connectivity index is 1.14. The number of carbonyl (C=O) groups is 3. The fourth-order valence-electron chi connectivity index (χ4n) is 8.12. The van der Waals surface area contributed by atoms with Crippen LogP contribution in [0.5, 0.6) is 0 Å². The van der Waals surface area contributed by atoms with Crippen molar-refractivity contribution in [3.05, 3.63) is 64.7 Å². The van der Waals surface area contributed by atoms with Crippen molar-refractivity contribution in [3.8, 4) is 0 Å². The van der Waals surface area contributed by atoms with Crippen LogP contribution >= 0.6 is 0 Å². The van der Waals surface area contributed by atoms with E-state index in [0.29, 0.717) is 75.7 Å². The fraction of sp³-hybridized carbons (Fsp3) is 0.595. The minimum absolute atomic E-state index is 0.0353. The van der Waals surface area contributed by atoms with Crippen LogP contribution in [-0.4, -0.2) is 103 Å². The van der Waals surface area contributed by atoms with Gasteiger partial charge in [0.2, 0.25) is 0 Å². The van der Waals surface area contributed by atoms with Gasteiger partial charge in [-0.3, -0.25) is 4.79 Å². The number of nitrogens with zero attached hydrogens (tertiary/aromatic N) is 4. The van der Waals surface area contributed by atoms with Crippen molar-refractivity contribution in [2.24, 2.45) is 11.8 Å². The minimum Gasteiger partial charge on any atom is -0.436 e. The summed E-state index contributed by atoms with van der Waals surface area (Å²) < 4.78 is 87.9. The largest absolute Gasteiger partial charge is 0.436 e. The van der Waals surface area contributed by atoms with E-state index in [9.17, 15) is 40.7 Å². The Morgan fingerprint density at radius 2 is 1.35 bits per heavy atom. The van der Waals surface area contributed by atoms with Crippen molar-refractivity contribution in [3.63, 3.8) is 0 Å². The third kappa shape index (κ3) is 8.95. The number of hydrogen-bond acceptors (Lipinski definition) is 5. The lowest BCUT2D eigenvalue weighted by Gasteiger charge is -2.40. The number of hydrogen-bond donors (Lipinski definition) is 1. The summed E-state index contributed by atoms with van der Waals surface area (Å²) in [6.07, 6.45) is -8.28. The molecule has 284 valence electrons. The molecule has 4 heterocycles. The number of alkyl halides is 6. The second-order valence-corrected chi connectivity index (χ2v) is 14.5. The molecule has 15 heteroatoms. The first-order valence-corrected chi connectivity index (χ1v) is 18.0. The molecule has 3 saturated heterocycles. The van der Waals surface area contributed by atoms with Crippen LogP contribution in [0.25, 0.3) is 0 Å². The number of fused-ring (bicyclic) bond motifs is 1. The van der Waals surface area contributed by atoms with Crippen molar-refractivity contribution >= 4 is 23.7 Å². The summed E-state index contributed by atoms with van der Waals surface area (Å²) >= 11 is 0. The molecule has 4 aliphatic heterocycles. The molecule has 2 aromatic carbocycles. The molecular weight excluding hydrogens is 692 g/mol. The number of amides is 4. The third-order valence-corrected chi connectivity index (χ3v) is 11.2. The molecule has 0 unspecified atom stereocenters. The first-order chi connectivity index (χ1) is 24.7. The lowest BCUT2D eigenvalue weighted by molar-refractivity contribution is -0.143. The summed E-state index contributed by atoms with van der Waals surface area (Å²) in [5.74, 6) is 0.279. The molecule has 0 aliphatic carbocycles. The van der Waals surface area contributed by atoms with Crippen LogP contribution in [0.2, 0.25) is 0 Å². The van der Waals surface area contributed by atoms with Crippen LogP contribution in [0.15, 0.2) is 42.5 Å². The maximum absolute atomic E-state index is 14.0. The number of likely N-dealkylation sites (tertiary alicyclic amines) is 3. The van der Waals surface area contributed by atoms with Gasteiger partial charge in [0.15, 0.2) is 6.10 Å². The average Bonchev–Trinajstić information content (AvgIpc) is 3.28. The Bertz CT molecular complexity index is 1560. The van der Waals surface area contributed by atoms with Gasteiger partial charge < -0.3 is 29.7 Å². The third-order valence-electron chi connectivity index (χ3n) is 11.2. The second kappa shape index (κ2) is 15.5. The standard InChI is InChI=1S/C37H45F6N5O4/c1-45-13-6-25(7-14-45)26-8-15-46(16-9-26)33(49)32(22-24-20-28(36(38,39)40)23-29(21-24)37(41,42)43)52-35(51)47-17-11-30(12-18-47)48-19-10-27-4-2-3-5-31(27)44-34(48)50/h2-5,20-21,23,25-26,30,32H,6-19,22H2,1H3,(H,44,50)/t32-/m1/s1. The smallest absolute Gasteiger partial charge is 0.416 e. The zero-order valence-corrected chi connectivity index (χ0v) is 29.1. The SMILES string of the molecule is CN1CCC(C2CCN(C(=O)[C@@H](Cc3cc(C(F)(F)F)cc(C(F)(F)F)c3)OC(=O)N3CCC(N4CCc5ccccc5NC4=O)CC3)CC2)CC1. The minimum atomic E-state index is -5.07. The number of rotatable bonds is 6. The Kier molecular flexibility index (Phi) is 11.3. The Morgan fingerprint density at radius 1 is 0.788 bits per heavy atom. The first-order valence-electron chi connectivity index (χ1n) is 18.0. The van der Waals surface area contributed by atoms with Gasteiger partial charge in [0.1, 0.15) is 0 Å². The van der Waals surface area contributed by atoms with Gasteiger partial charge in [-0.2, -0.15) is 26.3 Å². The van der Waals surface area contributed by atoms with Crippen molar-refractivity contribution in [2.45, 2.75) is 75.9 Å². The van der Waals surface area contributed by atoms with Gasteiger partial charge in [-0.1, -0.05) is 18.2 Å². The number of benzene rings is 2. The van der Waals surface area contributed by atoms with Crippen molar-refractivity contribution < 1.29 is 45.5 Å². The number of piperidine rings is 3. The summed E-state index contributed by atoms with van der Waals surface area (Å²) in [5, 5.41) is 2.94. The molecule has 52 heavy (non-hydrogen) atoms. The lowest BCUT2D eigenvalue weighted by Crippen LogP contribution is -2.52. The van der Waals surface area contributed by atoms with E-state index in [4.69, 9.17) is 4.74 Å². The highest BCUT2D eigenvalue weighted by Crippen LogP contribution is 2.37. The fourth-order valence-corrected chi connectivity index (χ4v) is 8.12. The van der Waals surface area contributed by atoms with E-state index in [1.165, 1.54) is 9.80 Å². The topological polar surface area (TPSA) is 85.4 Å². The number of carbonyl (C=O) groups excluding carboxylic acids is 3. The molecule has 2 aromatic rings. The number of ether oxygens (including phenoxy) is 1. The number of nitrogens with one attached hydrogen (secondary N) is 1. The van der Waals surface area contributed by atoms with Gasteiger partial charge in [0.25, 0.3) is 5.91 Å². The predicted molar refractivity (Wildman–Crippen MR) is 180 cm³/mol. The molecule has 0 bridgehead atoms. The van der Waals surface area contributed by atoms with Gasteiger partial charge in [0.05, 0.1) is 11.1 Å². The molecule has 9 nitrogen and oxygen atoms in total. The molecule has 0 saturated carbocycles. The van der Waals surface area contributed by atoms with Crippen molar-refractivity contribution in [2.75, 3.05) is 58.2 Å². The molecule has 4 amide bonds. The molecule has 4 aliphatic rings. The number of para-hydroxylation sites is 1. The molecule has 0 radical (unpaired) electrons. The highest BCUT2D eigenvalue weighted by molar-refractivity contribution is 5.91. The summed E-state index contributed by atoms with van der Waals surface area (Å²) in [4.78, 5) is 47.5. The van der Waals surface area contributed by atoms with Crippen LogP contribution in [0.4, 0.5) is 41.6 Å². The molecule has 3 fully saturated rings. The van der Waals surface area contributed by atoms with Crippen LogP contribution in [0.1, 0.15) is 60.8 Å². The summed E-state index contributed by atoms with van der Waals surface area (Å²) in [7, 11) is 2.08. The van der Waals surface area contributed by atoms with Crippen LogP contribution in [0.3, 0.4) is 0 Å². The monoisotopic (exact) mass is 737 g/mol. The molecule has 0 spiro atoms. The Morgan fingerprint density at radius 3 is 1.94 bits per heavy atom. The van der Waals surface area contributed by atoms with Crippen LogP contribution in [0, 0.1) is 11.8 Å². The molecule has 1 atom stereocenters. The number of anilines is 1. The zero-order valence-electron chi connectivity index (χ0n) is 29.1. The maximum atomic E-state index is 14.0. The van der Waals surface area contributed by atoms with Crippen molar-refractivity contribution in [1.82, 2.24) is 19.6 Å².